The fraction of sp³-hybridized carbons (Fsp3) is 0.143. The Morgan fingerprint density at radius 1 is 1.24 bits per heavy atom. The number of carbonyl (C=O) groups excluding carboxylic acids is 1. The molecular formula is C14H13N3O3S. The first-order valence-corrected chi connectivity index (χ1v) is 6.95. The Hall–Kier alpha value is -2.54. The van der Waals surface area contributed by atoms with Crippen LogP contribution in [0.1, 0.15) is 27.0 Å². The average Bonchev–Trinajstić information content (AvgIpc) is 2.91. The van der Waals surface area contributed by atoms with Gasteiger partial charge >= 0.3 is 0 Å². The van der Waals surface area contributed by atoms with Crippen LogP contribution in [0, 0.1) is 17.0 Å². The number of amides is 1. The summed E-state index contributed by atoms with van der Waals surface area (Å²) in [5.41, 5.74) is 3.42. The van der Waals surface area contributed by atoms with Crippen LogP contribution in [0.3, 0.4) is 0 Å². The molecular weight excluding hydrogens is 290 g/mol. The Balaban J connectivity index is 2.06. The molecule has 0 aliphatic heterocycles. The number of nitro benzene ring substituents is 1. The zero-order chi connectivity index (χ0) is 15.4. The highest BCUT2D eigenvalue weighted by Gasteiger charge is 2.09. The van der Waals surface area contributed by atoms with Gasteiger partial charge in [0.05, 0.1) is 15.5 Å². The molecule has 2 aromatic rings. The summed E-state index contributed by atoms with van der Waals surface area (Å²) in [5, 5.41) is 14.6. The fourth-order valence-corrected chi connectivity index (χ4v) is 2.43. The van der Waals surface area contributed by atoms with Crippen molar-refractivity contribution in [3.8, 4) is 0 Å². The molecule has 0 radical (unpaired) electrons. The molecule has 1 N–H and O–H groups in total. The quantitative estimate of drug-likeness (QED) is 0.535. The van der Waals surface area contributed by atoms with Crippen LogP contribution >= 0.6 is 11.3 Å². The number of non-ortho nitro benzene ring substituents is 1. The second-order valence-electron chi connectivity index (χ2n) is 4.35. The van der Waals surface area contributed by atoms with Gasteiger partial charge in [-0.2, -0.15) is 5.10 Å². The Labute approximate surface area is 125 Å². The first kappa shape index (κ1) is 14.9. The number of hydrogen-bond donors (Lipinski definition) is 1. The summed E-state index contributed by atoms with van der Waals surface area (Å²) in [7, 11) is 0. The number of benzene rings is 1. The van der Waals surface area contributed by atoms with Crippen molar-refractivity contribution in [1.82, 2.24) is 5.43 Å². The third kappa shape index (κ3) is 3.73. The van der Waals surface area contributed by atoms with Gasteiger partial charge in [0.1, 0.15) is 0 Å². The molecule has 21 heavy (non-hydrogen) atoms. The van der Waals surface area contributed by atoms with Crippen LogP contribution in [0.4, 0.5) is 5.69 Å². The van der Waals surface area contributed by atoms with Crippen molar-refractivity contribution >= 4 is 28.6 Å². The van der Waals surface area contributed by atoms with Crippen molar-refractivity contribution in [2.24, 2.45) is 5.10 Å². The maximum absolute atomic E-state index is 11.9. The third-order valence-corrected chi connectivity index (χ3v) is 3.87. The molecule has 1 aromatic heterocycles. The van der Waals surface area contributed by atoms with Gasteiger partial charge < -0.3 is 0 Å². The normalized spacial score (nSPS) is 11.2. The van der Waals surface area contributed by atoms with Crippen LogP contribution in [-0.2, 0) is 0 Å². The van der Waals surface area contributed by atoms with Gasteiger partial charge in [0.15, 0.2) is 0 Å². The van der Waals surface area contributed by atoms with E-state index >= 15 is 0 Å². The van der Waals surface area contributed by atoms with E-state index in [1.54, 1.807) is 18.3 Å². The molecule has 0 fully saturated rings. The van der Waals surface area contributed by atoms with Gasteiger partial charge in [-0.3, -0.25) is 14.9 Å². The standard InChI is InChI=1S/C14H13N3O3S/c1-9-3-8-13(21-9)10(2)15-16-14(18)11-4-6-12(7-5-11)17(19)20/h3-8H,1-2H3,(H,16,18)/b15-10+. The highest BCUT2D eigenvalue weighted by molar-refractivity contribution is 7.14. The summed E-state index contributed by atoms with van der Waals surface area (Å²) in [6.07, 6.45) is 0. The highest BCUT2D eigenvalue weighted by Crippen LogP contribution is 2.16. The molecule has 0 aliphatic carbocycles. The maximum atomic E-state index is 11.9. The monoisotopic (exact) mass is 303 g/mol. The van der Waals surface area contributed by atoms with E-state index in [1.165, 1.54) is 29.1 Å². The van der Waals surface area contributed by atoms with Gasteiger partial charge in [-0.15, -0.1) is 11.3 Å². The van der Waals surface area contributed by atoms with Gasteiger partial charge in [-0.05, 0) is 38.1 Å². The van der Waals surface area contributed by atoms with Crippen molar-refractivity contribution in [3.05, 3.63) is 61.8 Å². The van der Waals surface area contributed by atoms with E-state index in [-0.39, 0.29) is 5.69 Å². The number of aryl methyl sites for hydroxylation is 1. The lowest BCUT2D eigenvalue weighted by Gasteiger charge is -2.01. The van der Waals surface area contributed by atoms with Crippen molar-refractivity contribution in [3.63, 3.8) is 0 Å². The number of nitrogens with one attached hydrogen (secondary N) is 1. The zero-order valence-electron chi connectivity index (χ0n) is 11.5. The molecule has 6 nitrogen and oxygen atoms in total. The second-order valence-corrected chi connectivity index (χ2v) is 5.64. The molecule has 0 atom stereocenters. The lowest BCUT2D eigenvalue weighted by Crippen LogP contribution is -2.19. The minimum Gasteiger partial charge on any atom is -0.267 e. The van der Waals surface area contributed by atoms with Crippen molar-refractivity contribution in [2.45, 2.75) is 13.8 Å². The highest BCUT2D eigenvalue weighted by atomic mass is 32.1. The van der Waals surface area contributed by atoms with E-state index in [0.717, 1.165) is 4.88 Å². The number of thiophene rings is 1. The second kappa shape index (κ2) is 6.27. The molecule has 0 aliphatic rings. The number of nitrogens with zero attached hydrogens (tertiary/aromatic N) is 2. The van der Waals surface area contributed by atoms with Gasteiger partial charge in [-0.25, -0.2) is 5.43 Å². The number of carbonyl (C=O) groups is 1. The fourth-order valence-electron chi connectivity index (χ4n) is 1.62. The van der Waals surface area contributed by atoms with E-state index in [2.05, 4.69) is 10.5 Å². The van der Waals surface area contributed by atoms with Gasteiger partial charge in [-0.1, -0.05) is 0 Å². The molecule has 0 unspecified atom stereocenters. The van der Waals surface area contributed by atoms with Crippen LogP contribution in [0.25, 0.3) is 0 Å². The summed E-state index contributed by atoms with van der Waals surface area (Å²) in [5.74, 6) is -0.405. The molecule has 1 aromatic carbocycles. The van der Waals surface area contributed by atoms with Crippen LogP contribution < -0.4 is 5.43 Å². The lowest BCUT2D eigenvalue weighted by atomic mass is 10.2. The van der Waals surface area contributed by atoms with E-state index < -0.39 is 10.8 Å². The number of rotatable bonds is 4. The Kier molecular flexibility index (Phi) is 4.44. The van der Waals surface area contributed by atoms with Gasteiger partial charge in [0, 0.05) is 22.6 Å². The Morgan fingerprint density at radius 2 is 1.90 bits per heavy atom. The minimum absolute atomic E-state index is 0.0553. The molecule has 1 amide bonds. The average molecular weight is 303 g/mol. The predicted molar refractivity (Wildman–Crippen MR) is 81.8 cm³/mol. The summed E-state index contributed by atoms with van der Waals surface area (Å²) < 4.78 is 0. The number of nitro groups is 1. The van der Waals surface area contributed by atoms with Crippen LogP contribution in [0.5, 0.6) is 0 Å². The molecule has 0 saturated carbocycles. The van der Waals surface area contributed by atoms with E-state index in [4.69, 9.17) is 0 Å². The Bertz CT molecular complexity index is 705. The largest absolute Gasteiger partial charge is 0.271 e. The van der Waals surface area contributed by atoms with Crippen molar-refractivity contribution in [2.75, 3.05) is 0 Å². The van der Waals surface area contributed by atoms with Crippen molar-refractivity contribution < 1.29 is 9.72 Å². The molecule has 7 heteroatoms. The number of hydrogen-bond acceptors (Lipinski definition) is 5. The van der Waals surface area contributed by atoms with E-state index in [0.29, 0.717) is 11.3 Å². The third-order valence-electron chi connectivity index (χ3n) is 2.76. The number of hydrazone groups is 1. The summed E-state index contributed by atoms with van der Waals surface area (Å²) >= 11 is 1.59. The van der Waals surface area contributed by atoms with E-state index in [9.17, 15) is 14.9 Å². The molecule has 108 valence electrons. The van der Waals surface area contributed by atoms with Gasteiger partial charge in [0.25, 0.3) is 11.6 Å². The topological polar surface area (TPSA) is 84.6 Å². The first-order chi connectivity index (χ1) is 9.97. The van der Waals surface area contributed by atoms with Gasteiger partial charge in [0.2, 0.25) is 0 Å². The predicted octanol–water partition coefficient (Wildman–Crippen LogP) is 3.12. The SMILES string of the molecule is C/C(=N\NC(=O)c1ccc([N+](=O)[O-])cc1)c1ccc(C)s1. The van der Waals surface area contributed by atoms with Crippen molar-refractivity contribution in [1.29, 1.82) is 0 Å². The van der Waals surface area contributed by atoms with Crippen LogP contribution in [-0.4, -0.2) is 16.5 Å². The zero-order valence-corrected chi connectivity index (χ0v) is 12.3. The summed E-state index contributed by atoms with van der Waals surface area (Å²) in [4.78, 5) is 24.1. The molecule has 0 saturated heterocycles. The molecule has 0 spiro atoms. The van der Waals surface area contributed by atoms with Crippen LogP contribution in [0.2, 0.25) is 0 Å². The summed E-state index contributed by atoms with van der Waals surface area (Å²) in [6.45, 7) is 3.80. The van der Waals surface area contributed by atoms with E-state index in [1.807, 2.05) is 19.1 Å². The summed E-state index contributed by atoms with van der Waals surface area (Å²) in [6, 6.07) is 9.29. The lowest BCUT2D eigenvalue weighted by molar-refractivity contribution is -0.384. The minimum atomic E-state index is -0.511. The molecule has 0 bridgehead atoms. The molecule has 1 heterocycles. The smallest absolute Gasteiger partial charge is 0.267 e. The Morgan fingerprint density at radius 3 is 2.43 bits per heavy atom. The maximum Gasteiger partial charge on any atom is 0.271 e. The van der Waals surface area contributed by atoms with Crippen LogP contribution in [0.15, 0.2) is 41.5 Å². The first-order valence-electron chi connectivity index (χ1n) is 6.13. The molecule has 2 rings (SSSR count).